The normalized spacial score (nSPS) is 12.3. The number of nitrogens with two attached hydrogens (primary N) is 5. The van der Waals surface area contributed by atoms with Gasteiger partial charge in [0.1, 0.15) is 47.7 Å². The van der Waals surface area contributed by atoms with Crippen LogP contribution in [-0.2, 0) is 19.2 Å². The summed E-state index contributed by atoms with van der Waals surface area (Å²) in [5, 5.41) is 28.8. The van der Waals surface area contributed by atoms with Crippen LogP contribution in [-0.4, -0.2) is 138 Å². The summed E-state index contributed by atoms with van der Waals surface area (Å²) in [5.74, 6) is -4.58. The summed E-state index contributed by atoms with van der Waals surface area (Å²) in [6.07, 6.45) is 5.21. The zero-order valence-electron chi connectivity index (χ0n) is 47.0. The number of carbonyl (C=O) groups excluding carboxylic acids is 8. The van der Waals surface area contributed by atoms with Crippen molar-refractivity contribution < 1.29 is 62.4 Å². The lowest BCUT2D eigenvalue weighted by atomic mass is 10.0. The topological polar surface area (TPSA) is 408 Å². The van der Waals surface area contributed by atoms with Gasteiger partial charge in [-0.1, -0.05) is 6.42 Å². The number of aliphatic hydroxyl groups excluding tert-OH is 1. The largest absolute Gasteiger partial charge is 0.496 e. The lowest BCUT2D eigenvalue weighted by Crippen LogP contribution is -2.44. The average molecular weight is 1140 g/mol. The monoisotopic (exact) mass is 1140 g/mol. The van der Waals surface area contributed by atoms with Crippen molar-refractivity contribution in [1.29, 1.82) is 0 Å². The number of ether oxygens (including phenoxy) is 4. The number of rotatable bonds is 36. The van der Waals surface area contributed by atoms with Crippen LogP contribution in [0.4, 0.5) is 22.7 Å². The van der Waals surface area contributed by atoms with E-state index in [2.05, 4.69) is 37.2 Å². The van der Waals surface area contributed by atoms with Gasteiger partial charge in [-0.3, -0.25) is 38.4 Å². The first kappa shape index (κ1) is 66.3. The summed E-state index contributed by atoms with van der Waals surface area (Å²) in [6.45, 7) is 0.657. The van der Waals surface area contributed by atoms with Gasteiger partial charge in [-0.25, -0.2) is 0 Å². The summed E-state index contributed by atoms with van der Waals surface area (Å²) < 4.78 is 21.7. The first-order valence-electron chi connectivity index (χ1n) is 27.1. The minimum absolute atomic E-state index is 0.0304. The number of ketones is 1. The highest BCUT2D eigenvalue weighted by atomic mass is 16.5. The fourth-order valence-electron chi connectivity index (χ4n) is 8.53. The molecule has 4 atom stereocenters. The van der Waals surface area contributed by atoms with Gasteiger partial charge in [0.05, 0.1) is 56.7 Å². The number of carbonyl (C=O) groups is 8. The average Bonchev–Trinajstić information content (AvgIpc) is 3.62. The van der Waals surface area contributed by atoms with Crippen molar-refractivity contribution in [3.8, 4) is 23.0 Å². The lowest BCUT2D eigenvalue weighted by molar-refractivity contribution is -0.118. The van der Waals surface area contributed by atoms with Crippen molar-refractivity contribution in [2.45, 2.75) is 101 Å². The molecule has 25 nitrogen and oxygen atoms in total. The highest BCUT2D eigenvalue weighted by Crippen LogP contribution is 2.28. The number of amides is 7. The highest BCUT2D eigenvalue weighted by molar-refractivity contribution is 6.08. The third-order valence-electron chi connectivity index (χ3n) is 13.1. The number of aliphatic hydroxyl groups is 1. The molecule has 4 aromatic carbocycles. The standard InChI is InChI=1S/C57H80N12O13/c1-79-47-21-17-34(29-38(47)46(71)33-70)64-55(76)43(14-6-10-26-59)67-52(73)40-31-36(19-23-49(40)81-3)66-57(78)45(16-8-12-28-61)69-53(74)41-32-37(20-24-50(41)82-4)65-56(77)44(15-7-11-27-60)68-51(72)39-30-35(18-22-48(39)80-2)63-54(75)42(62)13-5-9-25-58/h17-24,29-32,42-45,70H,5-16,25-28,33,58-62H2,1-4H3,(H,63,75)(H,64,76)(H,65,77)(H,66,78)(H,67,73)(H,68,72)(H,69,74). The smallest absolute Gasteiger partial charge is 0.255 e. The number of nitrogens with one attached hydrogen (secondary N) is 7. The number of hydrogen-bond acceptors (Lipinski definition) is 18. The molecule has 0 bridgehead atoms. The van der Waals surface area contributed by atoms with E-state index in [1.165, 1.54) is 95.2 Å². The molecular formula is C57H80N12O13. The summed E-state index contributed by atoms with van der Waals surface area (Å²) >= 11 is 0. The first-order chi connectivity index (χ1) is 39.5. The first-order valence-corrected chi connectivity index (χ1v) is 27.1. The van der Waals surface area contributed by atoms with Gasteiger partial charge < -0.3 is 89.9 Å². The molecular weight excluding hydrogens is 1060 g/mol. The van der Waals surface area contributed by atoms with Crippen molar-refractivity contribution in [2.75, 3.05) is 82.5 Å². The fourth-order valence-corrected chi connectivity index (χ4v) is 8.53. The Kier molecular flexibility index (Phi) is 28.2. The molecule has 0 saturated carbocycles. The Hall–Kier alpha value is -8.20. The van der Waals surface area contributed by atoms with Crippen molar-refractivity contribution in [2.24, 2.45) is 28.7 Å². The molecule has 0 heterocycles. The van der Waals surface area contributed by atoms with Crippen LogP contribution in [0.15, 0.2) is 72.8 Å². The van der Waals surface area contributed by atoms with Gasteiger partial charge in [0.25, 0.3) is 17.7 Å². The summed E-state index contributed by atoms with van der Waals surface area (Å²) in [6, 6.07) is 13.2. The van der Waals surface area contributed by atoms with E-state index >= 15 is 0 Å². The molecule has 82 heavy (non-hydrogen) atoms. The van der Waals surface area contributed by atoms with Crippen molar-refractivity contribution in [3.63, 3.8) is 0 Å². The molecule has 7 amide bonds. The Bertz CT molecular complexity index is 2820. The van der Waals surface area contributed by atoms with E-state index in [-0.39, 0.29) is 87.3 Å². The maximum atomic E-state index is 14.2. The molecule has 0 fully saturated rings. The van der Waals surface area contributed by atoms with E-state index in [0.717, 1.165) is 0 Å². The van der Waals surface area contributed by atoms with Crippen LogP contribution in [0.1, 0.15) is 118 Å². The summed E-state index contributed by atoms with van der Waals surface area (Å²) in [5.41, 5.74) is 29.7. The zero-order valence-corrected chi connectivity index (χ0v) is 47.0. The van der Waals surface area contributed by atoms with E-state index in [1.54, 1.807) is 6.07 Å². The molecule has 0 radical (unpaired) electrons. The number of benzene rings is 4. The molecule has 0 aliphatic rings. The second-order valence-corrected chi connectivity index (χ2v) is 19.0. The number of hydrogen-bond donors (Lipinski definition) is 13. The van der Waals surface area contributed by atoms with Gasteiger partial charge in [0.15, 0.2) is 5.78 Å². The fraction of sp³-hybridized carbons (Fsp3) is 0.439. The van der Waals surface area contributed by atoms with E-state index in [4.69, 9.17) is 47.6 Å². The highest BCUT2D eigenvalue weighted by Gasteiger charge is 2.29. The molecule has 4 unspecified atom stereocenters. The van der Waals surface area contributed by atoms with E-state index < -0.39 is 77.9 Å². The molecule has 0 aromatic heterocycles. The lowest BCUT2D eigenvalue weighted by Gasteiger charge is -2.22. The number of unbranched alkanes of at least 4 members (excludes halogenated alkanes) is 4. The predicted molar refractivity (Wildman–Crippen MR) is 311 cm³/mol. The third-order valence-corrected chi connectivity index (χ3v) is 13.1. The van der Waals surface area contributed by atoms with Gasteiger partial charge in [-0.15, -0.1) is 0 Å². The Morgan fingerprint density at radius 3 is 0.951 bits per heavy atom. The van der Waals surface area contributed by atoms with Crippen molar-refractivity contribution >= 4 is 69.9 Å². The Labute approximate surface area is 477 Å². The SMILES string of the molecule is COc1ccc(NC(=O)C(CCCCN)NC(=O)c2cc(NC(=O)C(CCCCN)NC(=O)c3cc(NC(=O)C(CCCCN)NC(=O)c4cc(NC(=O)C(N)CCCCN)ccc4OC)ccc3OC)ccc2OC)cc1C(=O)CO. The van der Waals surface area contributed by atoms with Gasteiger partial charge in [-0.2, -0.15) is 0 Å². The van der Waals surface area contributed by atoms with Crippen LogP contribution < -0.4 is 84.8 Å². The molecule has 0 spiro atoms. The Morgan fingerprint density at radius 1 is 0.402 bits per heavy atom. The van der Waals surface area contributed by atoms with Crippen LogP contribution in [0.5, 0.6) is 23.0 Å². The number of Topliss-reactive ketones (excluding diaryl/α,β-unsaturated/α-hetero) is 1. The van der Waals surface area contributed by atoms with Crippen LogP contribution in [0, 0.1) is 0 Å². The summed E-state index contributed by atoms with van der Waals surface area (Å²) in [4.78, 5) is 110. The van der Waals surface area contributed by atoms with Crippen LogP contribution >= 0.6 is 0 Å². The third kappa shape index (κ3) is 20.1. The molecule has 4 rings (SSSR count). The molecule has 4 aromatic rings. The number of anilines is 4. The minimum Gasteiger partial charge on any atom is -0.496 e. The molecule has 0 aliphatic heterocycles. The van der Waals surface area contributed by atoms with Gasteiger partial charge in [-0.05, 0) is 170 Å². The van der Waals surface area contributed by atoms with Crippen molar-refractivity contribution in [1.82, 2.24) is 16.0 Å². The summed E-state index contributed by atoms with van der Waals surface area (Å²) in [7, 11) is 5.42. The minimum atomic E-state index is -1.17. The van der Waals surface area contributed by atoms with Gasteiger partial charge in [0.2, 0.25) is 23.6 Å². The van der Waals surface area contributed by atoms with Crippen LogP contribution in [0.3, 0.4) is 0 Å². The van der Waals surface area contributed by atoms with Gasteiger partial charge in [0, 0.05) is 22.7 Å². The second-order valence-electron chi connectivity index (χ2n) is 19.0. The molecule has 0 saturated heterocycles. The number of methoxy groups -OCH3 is 4. The maximum Gasteiger partial charge on any atom is 0.255 e. The Morgan fingerprint density at radius 2 is 0.671 bits per heavy atom. The molecule has 446 valence electrons. The van der Waals surface area contributed by atoms with Gasteiger partial charge >= 0.3 is 0 Å². The van der Waals surface area contributed by atoms with E-state index in [1.807, 2.05) is 0 Å². The predicted octanol–water partition coefficient (Wildman–Crippen LogP) is 2.89. The quantitative estimate of drug-likeness (QED) is 0.0230. The molecule has 18 N–H and O–H groups in total. The second kappa shape index (κ2) is 34.8. The van der Waals surface area contributed by atoms with E-state index in [9.17, 15) is 43.5 Å². The van der Waals surface area contributed by atoms with Crippen molar-refractivity contribution in [3.05, 3.63) is 95.1 Å². The zero-order chi connectivity index (χ0) is 60.1. The molecule has 25 heteroatoms. The van der Waals surface area contributed by atoms with E-state index in [0.29, 0.717) is 84.0 Å². The maximum absolute atomic E-state index is 14.2. The van der Waals surface area contributed by atoms with Crippen LogP contribution in [0.25, 0.3) is 0 Å². The Balaban J connectivity index is 1.55. The molecule has 0 aliphatic carbocycles. The van der Waals surface area contributed by atoms with Crippen LogP contribution in [0.2, 0.25) is 0 Å².